The van der Waals surface area contributed by atoms with Crippen molar-refractivity contribution in [3.8, 4) is 11.3 Å². The van der Waals surface area contributed by atoms with Gasteiger partial charge in [-0.25, -0.2) is 14.4 Å². The number of benzene rings is 1. The number of nitrogens with zero attached hydrogens (tertiary/aromatic N) is 3. The predicted molar refractivity (Wildman–Crippen MR) is 107 cm³/mol. The Morgan fingerprint density at radius 2 is 2.04 bits per heavy atom. The molecule has 1 heterocycles. The van der Waals surface area contributed by atoms with Crippen molar-refractivity contribution in [2.24, 2.45) is 0 Å². The monoisotopic (exact) mass is 386 g/mol. The minimum absolute atomic E-state index is 0.173. The fourth-order valence-corrected chi connectivity index (χ4v) is 3.57. The molecule has 150 valence electrons. The van der Waals surface area contributed by atoms with Gasteiger partial charge in [0.1, 0.15) is 5.82 Å². The van der Waals surface area contributed by atoms with Crippen molar-refractivity contribution in [2.75, 3.05) is 32.6 Å². The first-order valence-corrected chi connectivity index (χ1v) is 9.73. The van der Waals surface area contributed by atoms with Crippen LogP contribution in [0.5, 0.6) is 0 Å². The van der Waals surface area contributed by atoms with E-state index in [1.807, 2.05) is 7.05 Å². The van der Waals surface area contributed by atoms with Crippen molar-refractivity contribution < 1.29 is 13.9 Å². The molecule has 1 aliphatic rings. The van der Waals surface area contributed by atoms with Gasteiger partial charge in [-0.05, 0) is 25.0 Å². The minimum atomic E-state index is -0.418. The molecule has 0 saturated heterocycles. The summed E-state index contributed by atoms with van der Waals surface area (Å²) in [6.45, 7) is 1.01. The SMILES string of the molecule is COCCNc1ncc(C(=O)N(C)C2CCCCC2)c(-c2ccccc2F)n1. The van der Waals surface area contributed by atoms with Crippen LogP contribution in [0.2, 0.25) is 0 Å². The number of amides is 1. The summed E-state index contributed by atoms with van der Waals surface area (Å²) in [5.74, 6) is -0.251. The van der Waals surface area contributed by atoms with Gasteiger partial charge in [0.2, 0.25) is 5.95 Å². The topological polar surface area (TPSA) is 67.3 Å². The first-order chi connectivity index (χ1) is 13.6. The quantitative estimate of drug-likeness (QED) is 0.734. The molecule has 1 amide bonds. The molecule has 0 unspecified atom stereocenters. The Balaban J connectivity index is 1.94. The van der Waals surface area contributed by atoms with Crippen molar-refractivity contribution in [3.05, 3.63) is 41.8 Å². The van der Waals surface area contributed by atoms with Gasteiger partial charge in [-0.3, -0.25) is 4.79 Å². The number of methoxy groups -OCH3 is 1. The Labute approximate surface area is 165 Å². The van der Waals surface area contributed by atoms with Crippen LogP contribution >= 0.6 is 0 Å². The van der Waals surface area contributed by atoms with E-state index in [4.69, 9.17) is 4.74 Å². The fraction of sp³-hybridized carbons (Fsp3) is 0.476. The number of halogens is 1. The van der Waals surface area contributed by atoms with E-state index in [-0.39, 0.29) is 11.9 Å². The molecule has 0 radical (unpaired) electrons. The normalized spacial score (nSPS) is 14.7. The molecule has 0 atom stereocenters. The molecule has 0 bridgehead atoms. The Kier molecular flexibility index (Phi) is 6.92. The zero-order valence-electron chi connectivity index (χ0n) is 16.4. The van der Waals surface area contributed by atoms with Gasteiger partial charge in [-0.1, -0.05) is 31.4 Å². The van der Waals surface area contributed by atoms with Crippen LogP contribution in [0.1, 0.15) is 42.5 Å². The van der Waals surface area contributed by atoms with Crippen LogP contribution in [0.15, 0.2) is 30.5 Å². The molecule has 0 aliphatic heterocycles. The van der Waals surface area contributed by atoms with Crippen LogP contribution in [-0.4, -0.2) is 54.1 Å². The van der Waals surface area contributed by atoms with Gasteiger partial charge in [0.25, 0.3) is 5.91 Å². The van der Waals surface area contributed by atoms with E-state index in [2.05, 4.69) is 15.3 Å². The molecule has 1 N–H and O–H groups in total. The highest BCUT2D eigenvalue weighted by Gasteiger charge is 2.26. The van der Waals surface area contributed by atoms with E-state index in [9.17, 15) is 9.18 Å². The Morgan fingerprint density at radius 3 is 2.75 bits per heavy atom. The second kappa shape index (κ2) is 9.59. The second-order valence-electron chi connectivity index (χ2n) is 7.06. The maximum absolute atomic E-state index is 14.5. The summed E-state index contributed by atoms with van der Waals surface area (Å²) in [5, 5.41) is 3.04. The third-order valence-corrected chi connectivity index (χ3v) is 5.18. The van der Waals surface area contributed by atoms with E-state index in [0.29, 0.717) is 35.9 Å². The number of carbonyl (C=O) groups is 1. The molecule has 6 nitrogen and oxygen atoms in total. The number of hydrogen-bond donors (Lipinski definition) is 1. The molecule has 7 heteroatoms. The van der Waals surface area contributed by atoms with Gasteiger partial charge in [0, 0.05) is 38.5 Å². The maximum Gasteiger partial charge on any atom is 0.257 e. The first-order valence-electron chi connectivity index (χ1n) is 9.73. The van der Waals surface area contributed by atoms with Crippen molar-refractivity contribution >= 4 is 11.9 Å². The molecule has 28 heavy (non-hydrogen) atoms. The van der Waals surface area contributed by atoms with Crippen molar-refractivity contribution in [2.45, 2.75) is 38.1 Å². The minimum Gasteiger partial charge on any atom is -0.383 e. The average Bonchev–Trinajstić information content (AvgIpc) is 2.74. The third kappa shape index (κ3) is 4.65. The molecule has 1 aromatic carbocycles. The summed E-state index contributed by atoms with van der Waals surface area (Å²) in [6, 6.07) is 6.56. The summed E-state index contributed by atoms with van der Waals surface area (Å²) in [5.41, 5.74) is 0.913. The van der Waals surface area contributed by atoms with Gasteiger partial charge in [-0.15, -0.1) is 0 Å². The van der Waals surface area contributed by atoms with Gasteiger partial charge in [0.15, 0.2) is 0 Å². The molecular weight excluding hydrogens is 359 g/mol. The van der Waals surface area contributed by atoms with Crippen molar-refractivity contribution in [1.29, 1.82) is 0 Å². The number of anilines is 1. The lowest BCUT2D eigenvalue weighted by Crippen LogP contribution is -2.38. The molecule has 2 aromatic rings. The van der Waals surface area contributed by atoms with Crippen LogP contribution in [-0.2, 0) is 4.74 Å². The van der Waals surface area contributed by atoms with E-state index in [0.717, 1.165) is 25.7 Å². The van der Waals surface area contributed by atoms with E-state index in [1.165, 1.54) is 18.7 Å². The number of carbonyl (C=O) groups excluding carboxylic acids is 1. The summed E-state index contributed by atoms with van der Waals surface area (Å²) >= 11 is 0. The molecule has 1 saturated carbocycles. The van der Waals surface area contributed by atoms with Crippen LogP contribution in [0.25, 0.3) is 11.3 Å². The van der Waals surface area contributed by atoms with Crippen molar-refractivity contribution in [3.63, 3.8) is 0 Å². The lowest BCUT2D eigenvalue weighted by Gasteiger charge is -2.31. The highest BCUT2D eigenvalue weighted by Crippen LogP contribution is 2.28. The second-order valence-corrected chi connectivity index (χ2v) is 7.06. The Morgan fingerprint density at radius 1 is 1.29 bits per heavy atom. The molecule has 1 aromatic heterocycles. The van der Waals surface area contributed by atoms with Crippen LogP contribution < -0.4 is 5.32 Å². The molecular formula is C21H27FN4O2. The summed E-state index contributed by atoms with van der Waals surface area (Å²) in [7, 11) is 3.42. The number of aromatic nitrogens is 2. The lowest BCUT2D eigenvalue weighted by molar-refractivity contribution is 0.0696. The number of ether oxygens (including phenoxy) is 1. The Bertz CT molecular complexity index is 809. The highest BCUT2D eigenvalue weighted by atomic mass is 19.1. The first kappa shape index (κ1) is 20.2. The van der Waals surface area contributed by atoms with E-state index >= 15 is 0 Å². The average molecular weight is 386 g/mol. The lowest BCUT2D eigenvalue weighted by atomic mass is 9.94. The largest absolute Gasteiger partial charge is 0.383 e. The molecule has 3 rings (SSSR count). The van der Waals surface area contributed by atoms with Crippen LogP contribution in [0.4, 0.5) is 10.3 Å². The van der Waals surface area contributed by atoms with Crippen molar-refractivity contribution in [1.82, 2.24) is 14.9 Å². The Hall–Kier alpha value is -2.54. The highest BCUT2D eigenvalue weighted by molar-refractivity contribution is 6.00. The predicted octanol–water partition coefficient (Wildman–Crippen LogP) is 3.75. The molecule has 0 spiro atoms. The fourth-order valence-electron chi connectivity index (χ4n) is 3.57. The van der Waals surface area contributed by atoms with Gasteiger partial charge >= 0.3 is 0 Å². The van der Waals surface area contributed by atoms with Crippen LogP contribution in [0.3, 0.4) is 0 Å². The van der Waals surface area contributed by atoms with Gasteiger partial charge < -0.3 is 15.0 Å². The molecule has 1 fully saturated rings. The number of rotatable bonds is 7. The van der Waals surface area contributed by atoms with Gasteiger partial charge in [-0.2, -0.15) is 0 Å². The smallest absolute Gasteiger partial charge is 0.257 e. The number of nitrogens with one attached hydrogen (secondary N) is 1. The summed E-state index contributed by atoms with van der Waals surface area (Å²) in [4.78, 5) is 23.7. The summed E-state index contributed by atoms with van der Waals surface area (Å²) in [6.07, 6.45) is 6.95. The van der Waals surface area contributed by atoms with Gasteiger partial charge in [0.05, 0.1) is 17.9 Å². The standard InChI is InChI=1S/C21H27FN4O2/c1-26(15-8-4-3-5-9-15)20(27)17-14-24-21(23-12-13-28-2)25-19(17)16-10-6-7-11-18(16)22/h6-7,10-11,14-15H,3-5,8-9,12-13H2,1-2H3,(H,23,24,25). The maximum atomic E-state index is 14.5. The zero-order valence-corrected chi connectivity index (χ0v) is 16.4. The van der Waals surface area contributed by atoms with E-state index in [1.54, 1.807) is 30.2 Å². The van der Waals surface area contributed by atoms with Crippen LogP contribution in [0, 0.1) is 5.82 Å². The third-order valence-electron chi connectivity index (χ3n) is 5.18. The zero-order chi connectivity index (χ0) is 19.9. The molecule has 1 aliphatic carbocycles. The summed E-state index contributed by atoms with van der Waals surface area (Å²) < 4.78 is 19.5. The number of hydrogen-bond acceptors (Lipinski definition) is 5. The van der Waals surface area contributed by atoms with E-state index < -0.39 is 5.82 Å².